The molecule has 0 aliphatic rings. The highest BCUT2D eigenvalue weighted by Gasteiger charge is 2.15. The van der Waals surface area contributed by atoms with Crippen LogP contribution in [0.4, 0.5) is 5.69 Å². The Morgan fingerprint density at radius 3 is 2.67 bits per heavy atom. The molecule has 0 bridgehead atoms. The first-order chi connectivity index (χ1) is 8.44. The maximum Gasteiger partial charge on any atom is 0.0595 e. The fourth-order valence-electron chi connectivity index (χ4n) is 2.10. The molecule has 3 nitrogen and oxygen atoms in total. The summed E-state index contributed by atoms with van der Waals surface area (Å²) < 4.78 is 0. The van der Waals surface area contributed by atoms with Gasteiger partial charge < -0.3 is 10.2 Å². The third-order valence-electron chi connectivity index (χ3n) is 2.75. The largest absolute Gasteiger partial charge is 0.373 e. The van der Waals surface area contributed by atoms with Crippen molar-refractivity contribution in [2.75, 3.05) is 25.0 Å². The van der Waals surface area contributed by atoms with Crippen LogP contribution in [0.5, 0.6) is 0 Å². The summed E-state index contributed by atoms with van der Waals surface area (Å²) in [5.74, 6) is 0. The summed E-state index contributed by atoms with van der Waals surface area (Å²) in [7, 11) is 2.14. The van der Waals surface area contributed by atoms with Gasteiger partial charge >= 0.3 is 0 Å². The molecule has 0 fully saturated rings. The van der Waals surface area contributed by atoms with Gasteiger partial charge in [-0.15, -0.1) is 0 Å². The molecule has 1 aromatic rings. The highest BCUT2D eigenvalue weighted by Crippen LogP contribution is 2.22. The lowest BCUT2D eigenvalue weighted by atomic mass is 9.96. The first kappa shape index (κ1) is 15.0. The van der Waals surface area contributed by atoms with Crippen LogP contribution in [0.2, 0.25) is 0 Å². The van der Waals surface area contributed by atoms with Crippen LogP contribution < -0.4 is 10.2 Å². The summed E-state index contributed by atoms with van der Waals surface area (Å²) in [5, 5.41) is 3.46. The van der Waals surface area contributed by atoms with Gasteiger partial charge in [-0.1, -0.05) is 27.7 Å². The minimum Gasteiger partial charge on any atom is -0.373 e. The topological polar surface area (TPSA) is 28.2 Å². The maximum absolute atomic E-state index is 4.26. The number of hydrogen-bond acceptors (Lipinski definition) is 3. The van der Waals surface area contributed by atoms with E-state index in [0.29, 0.717) is 5.41 Å². The average Bonchev–Trinajstić information content (AvgIpc) is 2.27. The normalized spacial score (nSPS) is 11.6. The molecule has 0 saturated carbocycles. The van der Waals surface area contributed by atoms with Gasteiger partial charge in [0.1, 0.15) is 0 Å². The Hall–Kier alpha value is -1.09. The zero-order valence-corrected chi connectivity index (χ0v) is 12.5. The van der Waals surface area contributed by atoms with E-state index >= 15 is 0 Å². The van der Waals surface area contributed by atoms with E-state index in [1.54, 1.807) is 0 Å². The molecule has 1 N–H and O–H groups in total. The van der Waals surface area contributed by atoms with Gasteiger partial charge in [-0.2, -0.15) is 0 Å². The lowest BCUT2D eigenvalue weighted by molar-refractivity contribution is 0.418. The third-order valence-corrected chi connectivity index (χ3v) is 2.75. The highest BCUT2D eigenvalue weighted by atomic mass is 15.1. The van der Waals surface area contributed by atoms with Crippen molar-refractivity contribution in [3.05, 3.63) is 24.0 Å². The quantitative estimate of drug-likeness (QED) is 0.785. The van der Waals surface area contributed by atoms with Gasteiger partial charge in [0.15, 0.2) is 0 Å². The zero-order valence-electron chi connectivity index (χ0n) is 12.5. The first-order valence-electron chi connectivity index (χ1n) is 6.79. The number of nitrogens with one attached hydrogen (secondary N) is 1. The molecule has 18 heavy (non-hydrogen) atoms. The van der Waals surface area contributed by atoms with Crippen LogP contribution in [0.15, 0.2) is 18.5 Å². The molecular formula is C15H27N3. The molecule has 3 heteroatoms. The Morgan fingerprint density at radius 1 is 1.33 bits per heavy atom. The van der Waals surface area contributed by atoms with E-state index in [0.717, 1.165) is 26.1 Å². The fourth-order valence-corrected chi connectivity index (χ4v) is 2.10. The van der Waals surface area contributed by atoms with E-state index in [4.69, 9.17) is 0 Å². The van der Waals surface area contributed by atoms with Crippen molar-refractivity contribution in [1.29, 1.82) is 0 Å². The standard InChI is InChI=1S/C15H27N3/c1-6-8-16-10-13-7-9-17-11-14(13)18(5)12-15(2,3)4/h7,9,11,16H,6,8,10,12H2,1-5H3. The Kier molecular flexibility index (Phi) is 5.60. The molecule has 0 amide bonds. The fraction of sp³-hybridized carbons (Fsp3) is 0.667. The summed E-state index contributed by atoms with van der Waals surface area (Å²) in [6.45, 7) is 12.0. The number of rotatable bonds is 6. The lowest BCUT2D eigenvalue weighted by Crippen LogP contribution is -2.30. The van der Waals surface area contributed by atoms with E-state index in [1.165, 1.54) is 11.3 Å². The van der Waals surface area contributed by atoms with Crippen LogP contribution >= 0.6 is 0 Å². The molecule has 102 valence electrons. The molecule has 0 radical (unpaired) electrons. The van der Waals surface area contributed by atoms with Gasteiger partial charge in [0.25, 0.3) is 0 Å². The molecule has 0 atom stereocenters. The molecule has 1 rings (SSSR count). The van der Waals surface area contributed by atoms with Gasteiger partial charge in [0.05, 0.1) is 11.9 Å². The lowest BCUT2D eigenvalue weighted by Gasteiger charge is -2.29. The van der Waals surface area contributed by atoms with Crippen LogP contribution in [-0.2, 0) is 6.54 Å². The highest BCUT2D eigenvalue weighted by molar-refractivity contribution is 5.51. The van der Waals surface area contributed by atoms with E-state index in [9.17, 15) is 0 Å². The van der Waals surface area contributed by atoms with Crippen LogP contribution in [0.3, 0.4) is 0 Å². The van der Waals surface area contributed by atoms with Crippen molar-refractivity contribution in [2.24, 2.45) is 5.41 Å². The second-order valence-electron chi connectivity index (χ2n) is 6.10. The zero-order chi connectivity index (χ0) is 13.6. The molecule has 0 saturated heterocycles. The molecular weight excluding hydrogens is 222 g/mol. The van der Waals surface area contributed by atoms with Gasteiger partial charge in [-0.05, 0) is 30.0 Å². The molecule has 0 aromatic carbocycles. The Bertz CT molecular complexity index is 355. The summed E-state index contributed by atoms with van der Waals surface area (Å²) in [6, 6.07) is 2.11. The van der Waals surface area contributed by atoms with Crippen molar-refractivity contribution < 1.29 is 0 Å². The molecule has 1 heterocycles. The SMILES string of the molecule is CCCNCc1ccncc1N(C)CC(C)(C)C. The van der Waals surface area contributed by atoms with Crippen molar-refractivity contribution in [3.63, 3.8) is 0 Å². The van der Waals surface area contributed by atoms with E-state index < -0.39 is 0 Å². The summed E-state index contributed by atoms with van der Waals surface area (Å²) in [4.78, 5) is 6.56. The van der Waals surface area contributed by atoms with Crippen LogP contribution in [0.1, 0.15) is 39.7 Å². The molecule has 0 unspecified atom stereocenters. The average molecular weight is 249 g/mol. The van der Waals surface area contributed by atoms with Crippen molar-refractivity contribution in [3.8, 4) is 0 Å². The van der Waals surface area contributed by atoms with Gasteiger partial charge in [-0.3, -0.25) is 4.98 Å². The van der Waals surface area contributed by atoms with Gasteiger partial charge in [0, 0.05) is 26.3 Å². The van der Waals surface area contributed by atoms with Crippen LogP contribution in [-0.4, -0.2) is 25.1 Å². The predicted molar refractivity (Wildman–Crippen MR) is 79.0 cm³/mol. The second kappa shape index (κ2) is 6.74. The number of pyridine rings is 1. The van der Waals surface area contributed by atoms with Gasteiger partial charge in [-0.25, -0.2) is 0 Å². The number of aromatic nitrogens is 1. The smallest absolute Gasteiger partial charge is 0.0595 e. The van der Waals surface area contributed by atoms with Crippen LogP contribution in [0.25, 0.3) is 0 Å². The number of nitrogens with zero attached hydrogens (tertiary/aromatic N) is 2. The summed E-state index contributed by atoms with van der Waals surface area (Å²) >= 11 is 0. The number of hydrogen-bond donors (Lipinski definition) is 1. The van der Waals surface area contributed by atoms with E-state index in [1.807, 2.05) is 12.4 Å². The van der Waals surface area contributed by atoms with Crippen molar-refractivity contribution in [1.82, 2.24) is 10.3 Å². The van der Waals surface area contributed by atoms with Crippen LogP contribution in [0, 0.1) is 5.41 Å². The predicted octanol–water partition coefficient (Wildman–Crippen LogP) is 3.06. The molecule has 1 aromatic heterocycles. The Balaban J connectivity index is 2.74. The third kappa shape index (κ3) is 5.05. The summed E-state index contributed by atoms with van der Waals surface area (Å²) in [6.07, 6.45) is 5.00. The van der Waals surface area contributed by atoms with Crippen molar-refractivity contribution in [2.45, 2.75) is 40.7 Å². The maximum atomic E-state index is 4.26. The van der Waals surface area contributed by atoms with E-state index in [2.05, 4.69) is 56.0 Å². The summed E-state index contributed by atoms with van der Waals surface area (Å²) in [5.41, 5.74) is 2.85. The van der Waals surface area contributed by atoms with Crippen molar-refractivity contribution >= 4 is 5.69 Å². The van der Waals surface area contributed by atoms with Gasteiger partial charge in [0.2, 0.25) is 0 Å². The molecule has 0 aliphatic heterocycles. The second-order valence-corrected chi connectivity index (χ2v) is 6.10. The monoisotopic (exact) mass is 249 g/mol. The van der Waals surface area contributed by atoms with E-state index in [-0.39, 0.29) is 0 Å². The number of anilines is 1. The minimum atomic E-state index is 0.290. The molecule has 0 spiro atoms. The Morgan fingerprint density at radius 2 is 2.06 bits per heavy atom. The molecule has 0 aliphatic carbocycles. The minimum absolute atomic E-state index is 0.290. The first-order valence-corrected chi connectivity index (χ1v) is 6.79. The Labute approximate surface area is 112 Å².